The Kier molecular flexibility index (Phi) is 7.50. The zero-order chi connectivity index (χ0) is 22.4. The molecule has 0 radical (unpaired) electrons. The predicted octanol–water partition coefficient (Wildman–Crippen LogP) is 5.90. The van der Waals surface area contributed by atoms with Gasteiger partial charge in [0.15, 0.2) is 11.5 Å². The second-order valence-electron chi connectivity index (χ2n) is 6.56. The molecule has 0 aliphatic heterocycles. The van der Waals surface area contributed by atoms with Crippen LogP contribution in [0.2, 0.25) is 10.0 Å². The summed E-state index contributed by atoms with van der Waals surface area (Å²) in [6.07, 6.45) is 0. The van der Waals surface area contributed by atoms with Gasteiger partial charge in [0.2, 0.25) is 0 Å². The Bertz CT molecular complexity index is 1090. The number of hydrogen-bond donors (Lipinski definition) is 2. The molecule has 3 aromatic rings. The van der Waals surface area contributed by atoms with Gasteiger partial charge in [-0.1, -0.05) is 41.4 Å². The Balaban J connectivity index is 1.83. The summed E-state index contributed by atoms with van der Waals surface area (Å²) in [5.74, 6) is 0.659. The van der Waals surface area contributed by atoms with Gasteiger partial charge in [-0.25, -0.2) is 4.79 Å². The van der Waals surface area contributed by atoms with E-state index in [4.69, 9.17) is 37.4 Å². The highest BCUT2D eigenvalue weighted by Crippen LogP contribution is 2.34. The summed E-state index contributed by atoms with van der Waals surface area (Å²) in [6.45, 7) is 0.620. The second-order valence-corrected chi connectivity index (χ2v) is 7.37. The number of carbonyl (C=O) groups is 1. The standard InChI is InChI=1S/C23H21Cl2NO5/c1-29-20-9-7-15(23(27)28)11-19(20)26-12-16-4-3-5-21(30-2)22(16)31-13-14-6-8-17(24)18(25)10-14/h3-11,26H,12-13H2,1-2H3,(H,27,28). The van der Waals surface area contributed by atoms with E-state index in [-0.39, 0.29) is 12.2 Å². The third-order valence-corrected chi connectivity index (χ3v) is 5.30. The molecule has 0 spiro atoms. The number of halogens is 2. The maximum absolute atomic E-state index is 11.3. The number of carboxylic acids is 1. The van der Waals surface area contributed by atoms with Crippen LogP contribution in [0.1, 0.15) is 21.5 Å². The lowest BCUT2D eigenvalue weighted by molar-refractivity contribution is 0.0697. The van der Waals surface area contributed by atoms with Crippen molar-refractivity contribution in [2.24, 2.45) is 0 Å². The summed E-state index contributed by atoms with van der Waals surface area (Å²) < 4.78 is 16.9. The van der Waals surface area contributed by atoms with Crippen molar-refractivity contribution >= 4 is 34.9 Å². The molecule has 6 nitrogen and oxygen atoms in total. The minimum atomic E-state index is -1.02. The van der Waals surface area contributed by atoms with E-state index in [1.54, 1.807) is 31.4 Å². The molecule has 0 saturated carbocycles. The van der Waals surface area contributed by atoms with Gasteiger partial charge in [0.25, 0.3) is 0 Å². The lowest BCUT2D eigenvalue weighted by Crippen LogP contribution is -2.07. The fourth-order valence-electron chi connectivity index (χ4n) is 2.98. The normalized spacial score (nSPS) is 10.5. The molecular formula is C23H21Cl2NO5. The molecule has 0 aliphatic carbocycles. The summed E-state index contributed by atoms with van der Waals surface area (Å²) >= 11 is 12.1. The molecule has 162 valence electrons. The molecule has 0 aliphatic rings. The van der Waals surface area contributed by atoms with E-state index in [1.165, 1.54) is 19.2 Å². The van der Waals surface area contributed by atoms with Crippen LogP contribution in [-0.2, 0) is 13.2 Å². The lowest BCUT2D eigenvalue weighted by atomic mass is 10.1. The summed E-state index contributed by atoms with van der Waals surface area (Å²) in [4.78, 5) is 11.3. The van der Waals surface area contributed by atoms with Crippen LogP contribution < -0.4 is 19.5 Å². The maximum atomic E-state index is 11.3. The minimum absolute atomic E-state index is 0.157. The number of nitrogens with one attached hydrogen (secondary N) is 1. The fourth-order valence-corrected chi connectivity index (χ4v) is 3.30. The smallest absolute Gasteiger partial charge is 0.335 e. The van der Waals surface area contributed by atoms with Crippen LogP contribution in [0, 0.1) is 0 Å². The number of aromatic carboxylic acids is 1. The lowest BCUT2D eigenvalue weighted by Gasteiger charge is -2.17. The van der Waals surface area contributed by atoms with Gasteiger partial charge in [0, 0.05) is 12.1 Å². The van der Waals surface area contributed by atoms with Crippen molar-refractivity contribution in [1.29, 1.82) is 0 Å². The van der Waals surface area contributed by atoms with Gasteiger partial charge in [0.05, 0.1) is 35.5 Å². The molecule has 0 fully saturated rings. The van der Waals surface area contributed by atoms with Gasteiger partial charge in [-0.15, -0.1) is 0 Å². The molecule has 0 amide bonds. The Morgan fingerprint density at radius 2 is 1.74 bits per heavy atom. The Hall–Kier alpha value is -3.09. The highest BCUT2D eigenvalue weighted by molar-refractivity contribution is 6.42. The molecule has 0 atom stereocenters. The van der Waals surface area contributed by atoms with Crippen LogP contribution in [0.4, 0.5) is 5.69 Å². The Morgan fingerprint density at radius 3 is 2.42 bits per heavy atom. The molecule has 0 aromatic heterocycles. The highest BCUT2D eigenvalue weighted by atomic mass is 35.5. The number of benzene rings is 3. The third-order valence-electron chi connectivity index (χ3n) is 4.56. The van der Waals surface area contributed by atoms with E-state index >= 15 is 0 Å². The molecule has 8 heteroatoms. The van der Waals surface area contributed by atoms with E-state index in [2.05, 4.69) is 5.32 Å². The monoisotopic (exact) mass is 461 g/mol. The molecule has 0 bridgehead atoms. The van der Waals surface area contributed by atoms with Crippen LogP contribution in [0.25, 0.3) is 0 Å². The van der Waals surface area contributed by atoms with E-state index in [9.17, 15) is 9.90 Å². The van der Waals surface area contributed by atoms with E-state index in [1.807, 2.05) is 18.2 Å². The van der Waals surface area contributed by atoms with Crippen molar-refractivity contribution in [3.8, 4) is 17.2 Å². The second kappa shape index (κ2) is 10.3. The van der Waals surface area contributed by atoms with Crippen LogP contribution in [0.5, 0.6) is 17.2 Å². The van der Waals surface area contributed by atoms with E-state index in [0.717, 1.165) is 11.1 Å². The van der Waals surface area contributed by atoms with Crippen molar-refractivity contribution in [2.75, 3.05) is 19.5 Å². The molecule has 0 heterocycles. The summed E-state index contributed by atoms with van der Waals surface area (Å²) in [5, 5.41) is 13.4. The average molecular weight is 462 g/mol. The number of para-hydroxylation sites is 1. The quantitative estimate of drug-likeness (QED) is 0.412. The van der Waals surface area contributed by atoms with Crippen LogP contribution in [-0.4, -0.2) is 25.3 Å². The number of carboxylic acid groups (broad SMARTS) is 1. The van der Waals surface area contributed by atoms with Crippen molar-refractivity contribution in [2.45, 2.75) is 13.2 Å². The molecule has 31 heavy (non-hydrogen) atoms. The van der Waals surface area contributed by atoms with Crippen molar-refractivity contribution < 1.29 is 24.1 Å². The van der Waals surface area contributed by atoms with Crippen molar-refractivity contribution in [3.63, 3.8) is 0 Å². The van der Waals surface area contributed by atoms with Gasteiger partial charge in [-0.2, -0.15) is 0 Å². The summed E-state index contributed by atoms with van der Waals surface area (Å²) in [6, 6.07) is 15.5. The molecule has 0 saturated heterocycles. The number of methoxy groups -OCH3 is 2. The molecule has 0 unspecified atom stereocenters. The van der Waals surface area contributed by atoms with E-state index < -0.39 is 5.97 Å². The zero-order valence-electron chi connectivity index (χ0n) is 16.9. The van der Waals surface area contributed by atoms with Crippen LogP contribution >= 0.6 is 23.2 Å². The van der Waals surface area contributed by atoms with Gasteiger partial charge in [-0.3, -0.25) is 0 Å². The largest absolute Gasteiger partial charge is 0.495 e. The third kappa shape index (κ3) is 5.54. The highest BCUT2D eigenvalue weighted by Gasteiger charge is 2.14. The Labute approximate surface area is 190 Å². The number of ether oxygens (including phenoxy) is 3. The first-order valence-electron chi connectivity index (χ1n) is 9.30. The van der Waals surface area contributed by atoms with E-state index in [0.29, 0.717) is 39.5 Å². The fraction of sp³-hybridized carbons (Fsp3) is 0.174. The van der Waals surface area contributed by atoms with Gasteiger partial charge in [-0.05, 0) is 42.0 Å². The van der Waals surface area contributed by atoms with Gasteiger partial charge >= 0.3 is 5.97 Å². The molecule has 3 aromatic carbocycles. The van der Waals surface area contributed by atoms with Gasteiger partial charge < -0.3 is 24.6 Å². The average Bonchev–Trinajstić information content (AvgIpc) is 2.78. The van der Waals surface area contributed by atoms with Crippen molar-refractivity contribution in [3.05, 3.63) is 81.3 Å². The topological polar surface area (TPSA) is 77.0 Å². The number of hydrogen-bond acceptors (Lipinski definition) is 5. The minimum Gasteiger partial charge on any atom is -0.495 e. The van der Waals surface area contributed by atoms with Crippen LogP contribution in [0.3, 0.4) is 0 Å². The van der Waals surface area contributed by atoms with Crippen LogP contribution in [0.15, 0.2) is 54.6 Å². The zero-order valence-corrected chi connectivity index (χ0v) is 18.5. The first-order valence-corrected chi connectivity index (χ1v) is 10.1. The Morgan fingerprint density at radius 1 is 0.968 bits per heavy atom. The molecular weight excluding hydrogens is 441 g/mol. The number of rotatable bonds is 9. The molecule has 2 N–H and O–H groups in total. The summed E-state index contributed by atoms with van der Waals surface area (Å²) in [7, 11) is 3.09. The summed E-state index contributed by atoms with van der Waals surface area (Å²) in [5.41, 5.74) is 2.39. The number of anilines is 1. The first kappa shape index (κ1) is 22.6. The maximum Gasteiger partial charge on any atom is 0.335 e. The first-order chi connectivity index (χ1) is 14.9. The van der Waals surface area contributed by atoms with Gasteiger partial charge in [0.1, 0.15) is 12.4 Å². The molecule has 3 rings (SSSR count). The predicted molar refractivity (Wildman–Crippen MR) is 121 cm³/mol. The SMILES string of the molecule is COc1ccc(C(=O)O)cc1NCc1cccc(OC)c1OCc1ccc(Cl)c(Cl)c1. The van der Waals surface area contributed by atoms with Crippen molar-refractivity contribution in [1.82, 2.24) is 0 Å².